The summed E-state index contributed by atoms with van der Waals surface area (Å²) in [6, 6.07) is 10.9. The number of carbonyl (C=O) groups excluding carboxylic acids is 1. The molecule has 0 bridgehead atoms. The summed E-state index contributed by atoms with van der Waals surface area (Å²) in [6.45, 7) is 0. The zero-order valence-electron chi connectivity index (χ0n) is 9.37. The monoisotopic (exact) mass is 244 g/mol. The minimum Gasteiger partial charge on any atom is -0.310 e. The highest BCUT2D eigenvalue weighted by Gasteiger charge is 2.15. The van der Waals surface area contributed by atoms with Crippen molar-refractivity contribution in [3.05, 3.63) is 54.4 Å². The van der Waals surface area contributed by atoms with Crippen LogP contribution in [0, 0.1) is 0 Å². The van der Waals surface area contributed by atoms with Crippen LogP contribution in [0.15, 0.2) is 53.7 Å². The lowest BCUT2D eigenvalue weighted by Gasteiger charge is -2.17. The first-order chi connectivity index (χ1) is 8.20. The number of pyridine rings is 1. The molecule has 1 amide bonds. The van der Waals surface area contributed by atoms with E-state index in [4.69, 9.17) is 0 Å². The molecule has 3 nitrogen and oxygen atoms in total. The summed E-state index contributed by atoms with van der Waals surface area (Å²) in [4.78, 5) is 18.4. The van der Waals surface area contributed by atoms with Crippen molar-refractivity contribution >= 4 is 24.2 Å². The van der Waals surface area contributed by atoms with E-state index in [-0.39, 0.29) is 5.91 Å². The zero-order chi connectivity index (χ0) is 12.3. The Morgan fingerprint density at radius 2 is 2.00 bits per heavy atom. The summed E-state index contributed by atoms with van der Waals surface area (Å²) in [5, 5.41) is 0. The highest BCUT2D eigenvalue weighted by Crippen LogP contribution is 2.18. The summed E-state index contributed by atoms with van der Waals surface area (Å²) in [5.41, 5.74) is 1.34. The van der Waals surface area contributed by atoms with E-state index in [1.165, 1.54) is 0 Å². The van der Waals surface area contributed by atoms with Gasteiger partial charge in [0.25, 0.3) is 5.91 Å². The molecule has 0 unspecified atom stereocenters. The second kappa shape index (κ2) is 5.01. The van der Waals surface area contributed by atoms with Gasteiger partial charge in [0.1, 0.15) is 0 Å². The minimum atomic E-state index is -0.0939. The van der Waals surface area contributed by atoms with Crippen LogP contribution in [0.4, 0.5) is 5.69 Å². The number of amides is 1. The van der Waals surface area contributed by atoms with Crippen LogP contribution < -0.4 is 4.90 Å². The predicted molar refractivity (Wildman–Crippen MR) is 70.7 cm³/mol. The lowest BCUT2D eigenvalue weighted by molar-refractivity contribution is 0.0990. The van der Waals surface area contributed by atoms with Crippen molar-refractivity contribution in [2.24, 2.45) is 0 Å². The van der Waals surface area contributed by atoms with E-state index in [1.807, 2.05) is 18.2 Å². The summed E-state index contributed by atoms with van der Waals surface area (Å²) in [5.74, 6) is -0.0939. The third-order valence-electron chi connectivity index (χ3n) is 2.47. The molecule has 1 aromatic carbocycles. The van der Waals surface area contributed by atoms with Crippen molar-refractivity contribution in [3.8, 4) is 0 Å². The van der Waals surface area contributed by atoms with Crippen LogP contribution in [-0.4, -0.2) is 17.9 Å². The number of hydrogen-bond donors (Lipinski definition) is 1. The van der Waals surface area contributed by atoms with Gasteiger partial charge in [0, 0.05) is 18.1 Å². The second-order valence-corrected chi connectivity index (χ2v) is 4.07. The van der Waals surface area contributed by atoms with E-state index in [2.05, 4.69) is 17.6 Å². The number of rotatable bonds is 2. The van der Waals surface area contributed by atoms with Gasteiger partial charge in [-0.15, -0.1) is 12.6 Å². The maximum Gasteiger partial charge on any atom is 0.259 e. The molecule has 0 radical (unpaired) electrons. The van der Waals surface area contributed by atoms with Gasteiger partial charge in [0.05, 0.1) is 17.4 Å². The average molecular weight is 244 g/mol. The number of carbonyl (C=O) groups is 1. The van der Waals surface area contributed by atoms with Crippen LogP contribution in [0.25, 0.3) is 0 Å². The first-order valence-electron chi connectivity index (χ1n) is 5.16. The Morgan fingerprint density at radius 3 is 2.65 bits per heavy atom. The smallest absolute Gasteiger partial charge is 0.259 e. The molecule has 0 aliphatic rings. The molecule has 0 fully saturated rings. The third kappa shape index (κ3) is 2.47. The van der Waals surface area contributed by atoms with E-state index < -0.39 is 0 Å². The van der Waals surface area contributed by atoms with Gasteiger partial charge in [-0.25, -0.2) is 0 Å². The fourth-order valence-corrected chi connectivity index (χ4v) is 1.76. The Balaban J connectivity index is 2.30. The van der Waals surface area contributed by atoms with Gasteiger partial charge in [-0.1, -0.05) is 12.1 Å². The zero-order valence-corrected chi connectivity index (χ0v) is 10.3. The molecule has 0 spiro atoms. The topological polar surface area (TPSA) is 33.2 Å². The van der Waals surface area contributed by atoms with E-state index in [0.29, 0.717) is 10.5 Å². The number of hydrogen-bond acceptors (Lipinski definition) is 3. The Bertz CT molecular complexity index is 528. The molecule has 1 heterocycles. The van der Waals surface area contributed by atoms with Crippen LogP contribution in [0.5, 0.6) is 0 Å². The van der Waals surface area contributed by atoms with Gasteiger partial charge in [0.2, 0.25) is 0 Å². The molecule has 0 aliphatic heterocycles. The van der Waals surface area contributed by atoms with E-state index in [1.54, 1.807) is 42.5 Å². The fraction of sp³-hybridized carbons (Fsp3) is 0.0769. The standard InChI is InChI=1S/C13H12N2OS/c1-15(10-5-4-8-14-9-10)13(16)11-6-2-3-7-12(11)17/h2-9,17H,1H3. The number of thiol groups is 1. The van der Waals surface area contributed by atoms with Gasteiger partial charge in [0.15, 0.2) is 0 Å². The number of anilines is 1. The van der Waals surface area contributed by atoms with Crippen molar-refractivity contribution in [3.63, 3.8) is 0 Å². The quantitative estimate of drug-likeness (QED) is 0.824. The Labute approximate surface area is 106 Å². The molecule has 0 N–H and O–H groups in total. The number of benzene rings is 1. The molecular formula is C13H12N2OS. The molecule has 2 rings (SSSR count). The maximum atomic E-state index is 12.2. The van der Waals surface area contributed by atoms with Crippen molar-refractivity contribution in [2.75, 3.05) is 11.9 Å². The largest absolute Gasteiger partial charge is 0.310 e. The van der Waals surface area contributed by atoms with Crippen molar-refractivity contribution in [1.29, 1.82) is 0 Å². The van der Waals surface area contributed by atoms with Gasteiger partial charge < -0.3 is 4.90 Å². The van der Waals surface area contributed by atoms with Gasteiger partial charge in [-0.3, -0.25) is 9.78 Å². The van der Waals surface area contributed by atoms with Crippen LogP contribution in [0.2, 0.25) is 0 Å². The molecule has 0 aliphatic carbocycles. The van der Waals surface area contributed by atoms with Crippen molar-refractivity contribution in [1.82, 2.24) is 4.98 Å². The van der Waals surface area contributed by atoms with Crippen LogP contribution >= 0.6 is 12.6 Å². The SMILES string of the molecule is CN(C(=O)c1ccccc1S)c1cccnc1. The lowest BCUT2D eigenvalue weighted by atomic mass is 10.2. The molecular weight excluding hydrogens is 232 g/mol. The number of aromatic nitrogens is 1. The minimum absolute atomic E-state index is 0.0939. The van der Waals surface area contributed by atoms with E-state index in [0.717, 1.165) is 5.69 Å². The Morgan fingerprint density at radius 1 is 1.24 bits per heavy atom. The van der Waals surface area contributed by atoms with Gasteiger partial charge in [-0.2, -0.15) is 0 Å². The molecule has 4 heteroatoms. The first kappa shape index (κ1) is 11.7. The predicted octanol–water partition coefficient (Wildman–Crippen LogP) is 2.65. The van der Waals surface area contributed by atoms with Gasteiger partial charge in [-0.05, 0) is 24.3 Å². The summed E-state index contributed by atoms with van der Waals surface area (Å²) in [6.07, 6.45) is 3.33. The van der Waals surface area contributed by atoms with Crippen molar-refractivity contribution < 1.29 is 4.79 Å². The highest BCUT2D eigenvalue weighted by molar-refractivity contribution is 7.80. The van der Waals surface area contributed by atoms with E-state index >= 15 is 0 Å². The van der Waals surface area contributed by atoms with E-state index in [9.17, 15) is 4.79 Å². The van der Waals surface area contributed by atoms with Crippen molar-refractivity contribution in [2.45, 2.75) is 4.90 Å². The molecule has 0 saturated heterocycles. The van der Waals surface area contributed by atoms with Gasteiger partial charge >= 0.3 is 0 Å². The maximum absolute atomic E-state index is 12.2. The fourth-order valence-electron chi connectivity index (χ4n) is 1.50. The molecule has 86 valence electrons. The lowest BCUT2D eigenvalue weighted by Crippen LogP contribution is -2.26. The Hall–Kier alpha value is -1.81. The summed E-state index contributed by atoms with van der Waals surface area (Å²) < 4.78 is 0. The molecule has 1 aromatic heterocycles. The van der Waals surface area contributed by atoms with Crippen LogP contribution in [-0.2, 0) is 0 Å². The normalized spacial score (nSPS) is 10.0. The molecule has 17 heavy (non-hydrogen) atoms. The summed E-state index contributed by atoms with van der Waals surface area (Å²) >= 11 is 4.28. The second-order valence-electron chi connectivity index (χ2n) is 3.59. The average Bonchev–Trinajstić information content (AvgIpc) is 2.39. The summed E-state index contributed by atoms with van der Waals surface area (Å²) in [7, 11) is 1.72. The molecule has 0 atom stereocenters. The first-order valence-corrected chi connectivity index (χ1v) is 5.61. The molecule has 0 saturated carbocycles. The highest BCUT2D eigenvalue weighted by atomic mass is 32.1. The van der Waals surface area contributed by atoms with Crippen LogP contribution in [0.3, 0.4) is 0 Å². The third-order valence-corrected chi connectivity index (χ3v) is 2.86. The Kier molecular flexibility index (Phi) is 3.44. The number of nitrogens with zero attached hydrogens (tertiary/aromatic N) is 2. The van der Waals surface area contributed by atoms with Crippen LogP contribution in [0.1, 0.15) is 10.4 Å². The molecule has 2 aromatic rings.